The Morgan fingerprint density at radius 2 is 1.84 bits per heavy atom. The Bertz CT molecular complexity index is 1230. The first-order valence-electron chi connectivity index (χ1n) is 9.69. The van der Waals surface area contributed by atoms with Crippen molar-refractivity contribution in [2.75, 3.05) is 24.4 Å². The number of nitriles is 1. The van der Waals surface area contributed by atoms with E-state index in [0.717, 1.165) is 4.90 Å². The Labute approximate surface area is 185 Å². The van der Waals surface area contributed by atoms with E-state index in [2.05, 4.69) is 16.4 Å². The molecule has 0 saturated heterocycles. The number of fused-ring (bicyclic) bond motifs is 1. The molecule has 0 aliphatic rings. The van der Waals surface area contributed by atoms with Gasteiger partial charge in [-0.25, -0.2) is 4.79 Å². The van der Waals surface area contributed by atoms with E-state index in [1.54, 1.807) is 45.0 Å². The second-order valence-electron chi connectivity index (χ2n) is 7.97. The molecule has 1 heterocycles. The van der Waals surface area contributed by atoms with E-state index in [1.165, 1.54) is 26.5 Å². The van der Waals surface area contributed by atoms with Gasteiger partial charge in [0.1, 0.15) is 17.5 Å². The highest BCUT2D eigenvalue weighted by Crippen LogP contribution is 2.43. The van der Waals surface area contributed by atoms with Gasteiger partial charge in [0.05, 0.1) is 36.7 Å². The van der Waals surface area contributed by atoms with E-state index >= 15 is 0 Å². The smallest absolute Gasteiger partial charge is 0.412 e. The number of aromatic hydroxyl groups is 1. The molecule has 3 N–H and O–H groups in total. The molecule has 0 saturated carbocycles. The van der Waals surface area contributed by atoms with Gasteiger partial charge >= 0.3 is 6.09 Å². The van der Waals surface area contributed by atoms with E-state index in [-0.39, 0.29) is 17.0 Å². The van der Waals surface area contributed by atoms with E-state index in [4.69, 9.17) is 9.47 Å². The molecule has 0 radical (unpaired) electrons. The average Bonchev–Trinajstić information content (AvgIpc) is 2.73. The number of ether oxygens (including phenoxy) is 2. The quantitative estimate of drug-likeness (QED) is 0.517. The number of nitrogens with one attached hydrogen (secondary N) is 1. The highest BCUT2D eigenvalue weighted by Gasteiger charge is 2.32. The van der Waals surface area contributed by atoms with Gasteiger partial charge in [-0.05, 0) is 39.0 Å². The molecule has 1 aromatic heterocycles. The number of carboxylic acid groups (broad SMARTS) is 1. The van der Waals surface area contributed by atoms with Gasteiger partial charge in [0, 0.05) is 23.2 Å². The van der Waals surface area contributed by atoms with Crippen LogP contribution in [0.1, 0.15) is 26.3 Å². The van der Waals surface area contributed by atoms with Crippen LogP contribution in [-0.4, -0.2) is 41.0 Å². The molecule has 9 nitrogen and oxygen atoms in total. The number of nitrogens with zero attached hydrogens (tertiary/aromatic N) is 3. The summed E-state index contributed by atoms with van der Waals surface area (Å²) in [5.74, 6) is 0.701. The lowest BCUT2D eigenvalue weighted by Crippen LogP contribution is -2.45. The van der Waals surface area contributed by atoms with Crippen LogP contribution in [0.15, 0.2) is 36.5 Å². The standard InChI is InChI=1S/C23H24N4O5/c1-23(2,3)27(22(29)30)21-15(7-6-8-17(21)28)26-20-13(11-24)12-25-16-10-19(32-5)18(31-4)9-14(16)20/h6-10,12,28H,1-5H3,(H,25,26)(H,29,30). The largest absolute Gasteiger partial charge is 0.506 e. The van der Waals surface area contributed by atoms with Crippen molar-refractivity contribution in [2.24, 2.45) is 0 Å². The van der Waals surface area contributed by atoms with Crippen molar-refractivity contribution in [1.82, 2.24) is 4.98 Å². The molecule has 0 unspecified atom stereocenters. The van der Waals surface area contributed by atoms with Crippen LogP contribution in [-0.2, 0) is 0 Å². The van der Waals surface area contributed by atoms with Gasteiger partial charge < -0.3 is 25.0 Å². The first-order chi connectivity index (χ1) is 15.1. The van der Waals surface area contributed by atoms with Gasteiger partial charge in [-0.3, -0.25) is 9.88 Å². The molecule has 1 amide bonds. The van der Waals surface area contributed by atoms with Gasteiger partial charge in [-0.2, -0.15) is 5.26 Å². The summed E-state index contributed by atoms with van der Waals surface area (Å²) in [7, 11) is 3.01. The van der Waals surface area contributed by atoms with Crippen molar-refractivity contribution in [3.8, 4) is 23.3 Å². The molecule has 0 aliphatic heterocycles. The van der Waals surface area contributed by atoms with E-state index in [1.807, 2.05) is 0 Å². The number of hydrogen-bond acceptors (Lipinski definition) is 7. The molecule has 0 aliphatic carbocycles. The SMILES string of the molecule is COc1cc2ncc(C#N)c(Nc3cccc(O)c3N(C(=O)O)C(C)(C)C)c2cc1OC. The summed E-state index contributed by atoms with van der Waals surface area (Å²) in [6.45, 7) is 5.16. The molecule has 0 bridgehead atoms. The third-order valence-electron chi connectivity index (χ3n) is 4.85. The summed E-state index contributed by atoms with van der Waals surface area (Å²) in [6, 6.07) is 10.1. The number of carbonyl (C=O) groups is 1. The molecular formula is C23H24N4O5. The third kappa shape index (κ3) is 4.03. The third-order valence-corrected chi connectivity index (χ3v) is 4.85. The zero-order valence-electron chi connectivity index (χ0n) is 18.4. The Hall–Kier alpha value is -4.19. The van der Waals surface area contributed by atoms with Crippen molar-refractivity contribution >= 4 is 34.1 Å². The molecular weight excluding hydrogens is 412 g/mol. The van der Waals surface area contributed by atoms with Crippen LogP contribution in [0.25, 0.3) is 10.9 Å². The van der Waals surface area contributed by atoms with Crippen LogP contribution in [0.4, 0.5) is 21.9 Å². The summed E-state index contributed by atoms with van der Waals surface area (Å²) in [5.41, 5.74) is 0.691. The highest BCUT2D eigenvalue weighted by molar-refractivity contribution is 6.01. The summed E-state index contributed by atoms with van der Waals surface area (Å²) in [4.78, 5) is 17.5. The molecule has 9 heteroatoms. The topological polar surface area (TPSA) is 128 Å². The number of para-hydroxylation sites is 1. The van der Waals surface area contributed by atoms with Crippen LogP contribution in [0.5, 0.6) is 17.2 Å². The number of phenolic OH excluding ortho intramolecular Hbond substituents is 1. The summed E-state index contributed by atoms with van der Waals surface area (Å²) < 4.78 is 10.7. The van der Waals surface area contributed by atoms with E-state index in [9.17, 15) is 20.3 Å². The second-order valence-corrected chi connectivity index (χ2v) is 7.97. The Morgan fingerprint density at radius 3 is 2.41 bits per heavy atom. The molecule has 2 aromatic carbocycles. The maximum Gasteiger partial charge on any atom is 0.412 e. The number of methoxy groups -OCH3 is 2. The van der Waals surface area contributed by atoms with Gasteiger partial charge in [-0.1, -0.05) is 6.07 Å². The normalized spacial score (nSPS) is 11.0. The lowest BCUT2D eigenvalue weighted by Gasteiger charge is -2.35. The summed E-state index contributed by atoms with van der Waals surface area (Å²) in [6.07, 6.45) is 0.186. The molecule has 3 aromatic rings. The van der Waals surface area contributed by atoms with Crippen LogP contribution < -0.4 is 19.7 Å². The van der Waals surface area contributed by atoms with E-state index < -0.39 is 11.6 Å². The van der Waals surface area contributed by atoms with Crippen molar-refractivity contribution in [3.63, 3.8) is 0 Å². The van der Waals surface area contributed by atoms with Crippen LogP contribution in [0.2, 0.25) is 0 Å². The number of rotatable bonds is 5. The number of hydrogen-bond donors (Lipinski definition) is 3. The Kier molecular flexibility index (Phi) is 5.98. The number of benzene rings is 2. The highest BCUT2D eigenvalue weighted by atomic mass is 16.5. The number of pyridine rings is 1. The number of phenols is 1. The molecule has 32 heavy (non-hydrogen) atoms. The predicted octanol–water partition coefficient (Wildman–Crippen LogP) is 4.86. The van der Waals surface area contributed by atoms with E-state index in [0.29, 0.717) is 33.8 Å². The van der Waals surface area contributed by atoms with Gasteiger partial charge in [0.15, 0.2) is 11.5 Å². The predicted molar refractivity (Wildman–Crippen MR) is 121 cm³/mol. The summed E-state index contributed by atoms with van der Waals surface area (Å²) >= 11 is 0. The van der Waals surface area contributed by atoms with Gasteiger partial charge in [0.2, 0.25) is 0 Å². The monoisotopic (exact) mass is 436 g/mol. The molecule has 166 valence electrons. The fourth-order valence-electron chi connectivity index (χ4n) is 3.46. The Morgan fingerprint density at radius 1 is 1.19 bits per heavy atom. The van der Waals surface area contributed by atoms with Crippen molar-refractivity contribution in [2.45, 2.75) is 26.3 Å². The molecule has 0 fully saturated rings. The van der Waals surface area contributed by atoms with Crippen molar-refractivity contribution in [3.05, 3.63) is 42.1 Å². The first-order valence-corrected chi connectivity index (χ1v) is 9.69. The van der Waals surface area contributed by atoms with Crippen molar-refractivity contribution < 1.29 is 24.5 Å². The van der Waals surface area contributed by atoms with Crippen LogP contribution >= 0.6 is 0 Å². The lowest BCUT2D eigenvalue weighted by atomic mass is 10.0. The van der Waals surface area contributed by atoms with Crippen molar-refractivity contribution in [1.29, 1.82) is 5.26 Å². The second kappa shape index (κ2) is 8.51. The number of aromatic nitrogens is 1. The fraction of sp³-hybridized carbons (Fsp3) is 0.261. The molecule has 0 atom stereocenters. The minimum absolute atomic E-state index is 0.0711. The average molecular weight is 436 g/mol. The van der Waals surface area contributed by atoms with Gasteiger partial charge in [0.25, 0.3) is 0 Å². The zero-order valence-corrected chi connectivity index (χ0v) is 18.4. The number of amides is 1. The zero-order chi connectivity index (χ0) is 23.6. The maximum absolute atomic E-state index is 12.1. The van der Waals surface area contributed by atoms with Crippen LogP contribution in [0.3, 0.4) is 0 Å². The maximum atomic E-state index is 12.1. The fourth-order valence-corrected chi connectivity index (χ4v) is 3.46. The summed E-state index contributed by atoms with van der Waals surface area (Å²) in [5, 5.41) is 33.9. The number of anilines is 3. The molecule has 0 spiro atoms. The van der Waals surface area contributed by atoms with Gasteiger partial charge in [-0.15, -0.1) is 0 Å². The Balaban J connectivity index is 2.28. The van der Waals surface area contributed by atoms with Crippen LogP contribution in [0, 0.1) is 11.3 Å². The minimum Gasteiger partial charge on any atom is -0.506 e. The molecule has 3 rings (SSSR count). The first kappa shape index (κ1) is 22.5. The lowest BCUT2D eigenvalue weighted by molar-refractivity contribution is 0.195. The minimum atomic E-state index is -1.23.